The molecule has 0 spiro atoms. The Morgan fingerprint density at radius 2 is 1.86 bits per heavy atom. The van der Waals surface area contributed by atoms with Gasteiger partial charge in [0.25, 0.3) is 0 Å². The van der Waals surface area contributed by atoms with E-state index in [0.717, 1.165) is 12.5 Å². The number of nitrogens with zero attached hydrogens (tertiary/aromatic N) is 3. The van der Waals surface area contributed by atoms with Gasteiger partial charge in [-0.2, -0.15) is 0 Å². The van der Waals surface area contributed by atoms with Gasteiger partial charge in [-0.1, -0.05) is 26.0 Å². The SMILES string of the molecule is CCCN1CC(CC)c2cc(CN3CCN(C)CC3)ccc21. The van der Waals surface area contributed by atoms with Crippen LogP contribution in [0.4, 0.5) is 5.69 Å². The van der Waals surface area contributed by atoms with Gasteiger partial charge in [0.05, 0.1) is 0 Å². The molecule has 122 valence electrons. The fourth-order valence-electron chi connectivity index (χ4n) is 3.87. The van der Waals surface area contributed by atoms with E-state index >= 15 is 0 Å². The van der Waals surface area contributed by atoms with Crippen LogP contribution in [0.2, 0.25) is 0 Å². The Balaban J connectivity index is 1.72. The van der Waals surface area contributed by atoms with Crippen LogP contribution >= 0.6 is 0 Å². The summed E-state index contributed by atoms with van der Waals surface area (Å²) in [5.41, 5.74) is 4.60. The van der Waals surface area contributed by atoms with Crippen molar-refractivity contribution < 1.29 is 0 Å². The van der Waals surface area contributed by atoms with Gasteiger partial charge < -0.3 is 9.80 Å². The molecule has 2 aliphatic heterocycles. The first-order chi connectivity index (χ1) is 10.7. The number of benzene rings is 1. The summed E-state index contributed by atoms with van der Waals surface area (Å²) in [7, 11) is 2.22. The van der Waals surface area contributed by atoms with Gasteiger partial charge in [0.1, 0.15) is 0 Å². The number of hydrogen-bond donors (Lipinski definition) is 0. The van der Waals surface area contributed by atoms with E-state index < -0.39 is 0 Å². The molecule has 0 radical (unpaired) electrons. The number of piperazine rings is 1. The zero-order chi connectivity index (χ0) is 15.5. The van der Waals surface area contributed by atoms with Gasteiger partial charge >= 0.3 is 0 Å². The van der Waals surface area contributed by atoms with Gasteiger partial charge in [-0.15, -0.1) is 0 Å². The molecule has 2 aliphatic rings. The molecule has 0 bridgehead atoms. The Labute approximate surface area is 135 Å². The predicted molar refractivity (Wildman–Crippen MR) is 94.8 cm³/mol. The van der Waals surface area contributed by atoms with Crippen molar-refractivity contribution in [1.82, 2.24) is 9.80 Å². The monoisotopic (exact) mass is 301 g/mol. The van der Waals surface area contributed by atoms with Crippen LogP contribution in [0, 0.1) is 0 Å². The second kappa shape index (κ2) is 7.01. The van der Waals surface area contributed by atoms with E-state index in [1.165, 1.54) is 63.4 Å². The zero-order valence-corrected chi connectivity index (χ0v) is 14.5. The zero-order valence-electron chi connectivity index (χ0n) is 14.5. The average Bonchev–Trinajstić information content (AvgIpc) is 2.87. The highest BCUT2D eigenvalue weighted by atomic mass is 15.2. The van der Waals surface area contributed by atoms with Crippen molar-refractivity contribution in [2.45, 2.75) is 39.2 Å². The van der Waals surface area contributed by atoms with Gasteiger partial charge in [-0.05, 0) is 37.1 Å². The third-order valence-corrected chi connectivity index (χ3v) is 5.30. The lowest BCUT2D eigenvalue weighted by molar-refractivity contribution is 0.148. The molecule has 1 saturated heterocycles. The van der Waals surface area contributed by atoms with E-state index in [-0.39, 0.29) is 0 Å². The molecule has 1 aromatic carbocycles. The van der Waals surface area contributed by atoms with Crippen molar-refractivity contribution in [3.8, 4) is 0 Å². The van der Waals surface area contributed by atoms with Crippen LogP contribution in [-0.2, 0) is 6.54 Å². The first-order valence-corrected chi connectivity index (χ1v) is 9.00. The minimum atomic E-state index is 0.731. The summed E-state index contributed by atoms with van der Waals surface area (Å²) in [6.45, 7) is 12.9. The summed E-state index contributed by atoms with van der Waals surface area (Å²) in [5.74, 6) is 0.731. The number of fused-ring (bicyclic) bond motifs is 1. The van der Waals surface area contributed by atoms with Crippen molar-refractivity contribution in [2.75, 3.05) is 51.2 Å². The number of likely N-dealkylation sites (N-methyl/N-ethyl adjacent to an activating group) is 1. The predicted octanol–water partition coefficient (Wildman–Crippen LogP) is 3.16. The summed E-state index contributed by atoms with van der Waals surface area (Å²) in [5, 5.41) is 0. The Bertz CT molecular complexity index is 491. The summed E-state index contributed by atoms with van der Waals surface area (Å²) >= 11 is 0. The molecule has 0 aromatic heterocycles. The molecule has 22 heavy (non-hydrogen) atoms. The molecule has 2 heterocycles. The van der Waals surface area contributed by atoms with Gasteiger partial charge in [0.2, 0.25) is 0 Å². The van der Waals surface area contributed by atoms with Crippen molar-refractivity contribution in [2.24, 2.45) is 0 Å². The van der Waals surface area contributed by atoms with E-state index in [2.05, 4.69) is 53.8 Å². The normalized spacial score (nSPS) is 23.0. The third-order valence-electron chi connectivity index (χ3n) is 5.30. The van der Waals surface area contributed by atoms with E-state index in [1.54, 1.807) is 5.56 Å². The highest BCUT2D eigenvalue weighted by molar-refractivity contribution is 5.61. The largest absolute Gasteiger partial charge is 0.371 e. The summed E-state index contributed by atoms with van der Waals surface area (Å²) in [4.78, 5) is 7.61. The summed E-state index contributed by atoms with van der Waals surface area (Å²) in [6, 6.07) is 7.24. The Hall–Kier alpha value is -1.06. The minimum absolute atomic E-state index is 0.731. The molecule has 1 aromatic rings. The molecule has 3 heteroatoms. The highest BCUT2D eigenvalue weighted by Crippen LogP contribution is 2.38. The van der Waals surface area contributed by atoms with Crippen LogP contribution in [0.1, 0.15) is 43.7 Å². The molecule has 1 unspecified atom stereocenters. The maximum absolute atomic E-state index is 2.60. The quantitative estimate of drug-likeness (QED) is 0.827. The molecule has 3 rings (SSSR count). The van der Waals surface area contributed by atoms with Gasteiger partial charge in [0.15, 0.2) is 0 Å². The Morgan fingerprint density at radius 3 is 2.55 bits per heavy atom. The smallest absolute Gasteiger partial charge is 0.0402 e. The molecule has 1 fully saturated rings. The molecule has 0 N–H and O–H groups in total. The van der Waals surface area contributed by atoms with E-state index in [0.29, 0.717) is 0 Å². The fourth-order valence-corrected chi connectivity index (χ4v) is 3.87. The maximum Gasteiger partial charge on any atom is 0.0402 e. The number of rotatable bonds is 5. The van der Waals surface area contributed by atoms with E-state index in [1.807, 2.05) is 0 Å². The highest BCUT2D eigenvalue weighted by Gasteiger charge is 2.27. The second-order valence-corrected chi connectivity index (χ2v) is 7.02. The van der Waals surface area contributed by atoms with Crippen LogP contribution in [0.5, 0.6) is 0 Å². The summed E-state index contributed by atoms with van der Waals surface area (Å²) < 4.78 is 0. The van der Waals surface area contributed by atoms with Crippen LogP contribution < -0.4 is 4.90 Å². The standard InChI is InChI=1S/C19H31N3/c1-4-8-22-15-17(5-2)18-13-16(6-7-19(18)22)14-21-11-9-20(3)10-12-21/h6-7,13,17H,4-5,8-12,14-15H2,1-3H3. The van der Waals surface area contributed by atoms with E-state index in [4.69, 9.17) is 0 Å². The van der Waals surface area contributed by atoms with Crippen molar-refractivity contribution in [1.29, 1.82) is 0 Å². The minimum Gasteiger partial charge on any atom is -0.371 e. The Kier molecular flexibility index (Phi) is 5.04. The van der Waals surface area contributed by atoms with Gasteiger partial charge in [0, 0.05) is 57.4 Å². The fraction of sp³-hybridized carbons (Fsp3) is 0.684. The summed E-state index contributed by atoms with van der Waals surface area (Å²) in [6.07, 6.45) is 2.49. The topological polar surface area (TPSA) is 9.72 Å². The molecule has 3 nitrogen and oxygen atoms in total. The molecular formula is C19H31N3. The van der Waals surface area contributed by atoms with Crippen molar-refractivity contribution in [3.63, 3.8) is 0 Å². The lowest BCUT2D eigenvalue weighted by Gasteiger charge is -2.32. The molecule has 0 amide bonds. The van der Waals surface area contributed by atoms with Crippen molar-refractivity contribution in [3.05, 3.63) is 29.3 Å². The molecular weight excluding hydrogens is 270 g/mol. The van der Waals surface area contributed by atoms with Gasteiger partial charge in [-0.3, -0.25) is 4.90 Å². The molecule has 0 saturated carbocycles. The van der Waals surface area contributed by atoms with Gasteiger partial charge in [-0.25, -0.2) is 0 Å². The van der Waals surface area contributed by atoms with E-state index in [9.17, 15) is 0 Å². The Morgan fingerprint density at radius 1 is 1.09 bits per heavy atom. The molecule has 1 atom stereocenters. The van der Waals surface area contributed by atoms with Crippen molar-refractivity contribution >= 4 is 5.69 Å². The average molecular weight is 301 g/mol. The first kappa shape index (κ1) is 15.8. The molecule has 0 aliphatic carbocycles. The lowest BCUT2D eigenvalue weighted by atomic mass is 9.97. The number of hydrogen-bond acceptors (Lipinski definition) is 3. The maximum atomic E-state index is 2.60. The van der Waals surface area contributed by atoms with Crippen LogP contribution in [0.25, 0.3) is 0 Å². The van der Waals surface area contributed by atoms with Crippen LogP contribution in [0.15, 0.2) is 18.2 Å². The first-order valence-electron chi connectivity index (χ1n) is 9.00. The second-order valence-electron chi connectivity index (χ2n) is 7.02. The van der Waals surface area contributed by atoms with Crippen LogP contribution in [-0.4, -0.2) is 56.1 Å². The third kappa shape index (κ3) is 3.31. The van der Waals surface area contributed by atoms with Crippen LogP contribution in [0.3, 0.4) is 0 Å². The lowest BCUT2D eigenvalue weighted by Crippen LogP contribution is -2.43. The number of anilines is 1.